The molecule has 3 rings (SSSR count). The van der Waals surface area contributed by atoms with Crippen LogP contribution in [0, 0.1) is 12.7 Å². The quantitative estimate of drug-likeness (QED) is 0.691. The minimum absolute atomic E-state index is 0.138. The van der Waals surface area contributed by atoms with Gasteiger partial charge in [0.05, 0.1) is 44.1 Å². The average molecular weight is 366 g/mol. The zero-order valence-electron chi connectivity index (χ0n) is 15.9. The fourth-order valence-electron chi connectivity index (χ4n) is 3.12. The van der Waals surface area contributed by atoms with Crippen molar-refractivity contribution in [1.82, 2.24) is 9.88 Å². The minimum Gasteiger partial charge on any atom is -0.346 e. The van der Waals surface area contributed by atoms with Crippen molar-refractivity contribution in [3.63, 3.8) is 0 Å². The summed E-state index contributed by atoms with van der Waals surface area (Å²) >= 11 is 0. The lowest BCUT2D eigenvalue weighted by Crippen LogP contribution is -3.06. The number of likely N-dealkylation sites (N-methyl/N-ethyl adjacent to an activating group) is 1. The van der Waals surface area contributed by atoms with Crippen molar-refractivity contribution in [2.24, 2.45) is 0 Å². The predicted octanol–water partition coefficient (Wildman–Crippen LogP) is 2.47. The van der Waals surface area contributed by atoms with E-state index < -0.39 is 0 Å². The van der Waals surface area contributed by atoms with E-state index in [-0.39, 0.29) is 11.7 Å². The summed E-state index contributed by atoms with van der Waals surface area (Å²) < 4.78 is 16.3. The van der Waals surface area contributed by atoms with Gasteiger partial charge in [0.1, 0.15) is 5.82 Å². The van der Waals surface area contributed by atoms with Crippen molar-refractivity contribution in [3.05, 3.63) is 77.7 Å². The second kappa shape index (κ2) is 8.18. The molecule has 0 aliphatic rings. The van der Waals surface area contributed by atoms with Crippen LogP contribution in [0.4, 0.5) is 4.39 Å². The van der Waals surface area contributed by atoms with Crippen molar-refractivity contribution in [1.29, 1.82) is 0 Å². The number of carbonyl (C=O) groups excluding carboxylic acids is 1. The van der Waals surface area contributed by atoms with Crippen LogP contribution < -0.4 is 10.2 Å². The fourth-order valence-corrected chi connectivity index (χ4v) is 3.12. The van der Waals surface area contributed by atoms with Gasteiger partial charge in [0, 0.05) is 5.69 Å². The third kappa shape index (κ3) is 4.09. The summed E-state index contributed by atoms with van der Waals surface area (Å²) in [5.74, 6) is -0.461. The number of nitrogens with one attached hydrogen (secondary N) is 2. The molecule has 0 atom stereocenters. The van der Waals surface area contributed by atoms with Gasteiger partial charge in [-0.05, 0) is 30.7 Å². The molecule has 5 heteroatoms. The molecule has 0 saturated heterocycles. The first-order chi connectivity index (χ1) is 13.0. The maximum absolute atomic E-state index is 14.5. The molecule has 0 unspecified atom stereocenters. The summed E-state index contributed by atoms with van der Waals surface area (Å²) in [5.41, 5.74) is 3.44. The molecule has 0 aliphatic carbocycles. The first kappa shape index (κ1) is 18.9. The number of para-hydroxylation sites is 1. The Kier molecular flexibility index (Phi) is 5.72. The van der Waals surface area contributed by atoms with E-state index in [1.807, 2.05) is 62.0 Å². The number of hydrogen-bond donors (Lipinski definition) is 2. The van der Waals surface area contributed by atoms with Gasteiger partial charge < -0.3 is 14.8 Å². The largest absolute Gasteiger partial charge is 0.346 e. The molecule has 4 nitrogen and oxygen atoms in total. The number of aromatic nitrogens is 1. The molecule has 0 aliphatic heterocycles. The Hall–Kier alpha value is -2.92. The van der Waals surface area contributed by atoms with Crippen LogP contribution in [0.1, 0.15) is 16.1 Å². The molecule has 0 radical (unpaired) electrons. The molecule has 0 bridgehead atoms. The molecule has 27 heavy (non-hydrogen) atoms. The Morgan fingerprint density at radius 3 is 2.41 bits per heavy atom. The number of quaternary nitrogens is 1. The number of benzene rings is 2. The van der Waals surface area contributed by atoms with Gasteiger partial charge in [-0.3, -0.25) is 4.79 Å². The topological polar surface area (TPSA) is 38.5 Å². The molecule has 1 heterocycles. The molecule has 140 valence electrons. The summed E-state index contributed by atoms with van der Waals surface area (Å²) in [6, 6.07) is 18.2. The molecule has 0 saturated carbocycles. The van der Waals surface area contributed by atoms with Crippen LogP contribution in [0.3, 0.4) is 0 Å². The lowest BCUT2D eigenvalue weighted by atomic mass is 10.1. The maximum atomic E-state index is 14.5. The minimum atomic E-state index is -0.323. The van der Waals surface area contributed by atoms with E-state index in [9.17, 15) is 9.18 Å². The normalized spacial score (nSPS) is 11.0. The smallest absolute Gasteiger partial charge is 0.253 e. The highest BCUT2D eigenvalue weighted by atomic mass is 19.1. The van der Waals surface area contributed by atoms with Gasteiger partial charge in [-0.25, -0.2) is 4.39 Å². The Balaban J connectivity index is 2.07. The first-order valence-corrected chi connectivity index (χ1v) is 9.09. The van der Waals surface area contributed by atoms with Gasteiger partial charge in [-0.15, -0.1) is 0 Å². The summed E-state index contributed by atoms with van der Waals surface area (Å²) in [4.78, 5) is 14.0. The Labute approximate surface area is 159 Å². The first-order valence-electron chi connectivity index (χ1n) is 9.09. The monoisotopic (exact) mass is 366 g/mol. The van der Waals surface area contributed by atoms with E-state index in [1.165, 1.54) is 11.0 Å². The molecule has 1 aromatic heterocycles. The van der Waals surface area contributed by atoms with E-state index in [1.54, 1.807) is 18.2 Å². The van der Waals surface area contributed by atoms with Gasteiger partial charge in [0.25, 0.3) is 5.91 Å². The zero-order valence-corrected chi connectivity index (χ0v) is 15.9. The molecular formula is C22H25FN3O+. The second-order valence-electron chi connectivity index (χ2n) is 6.89. The van der Waals surface area contributed by atoms with Gasteiger partial charge in [0.15, 0.2) is 0 Å². The number of rotatable bonds is 6. The fraction of sp³-hybridized carbons (Fsp3) is 0.227. The van der Waals surface area contributed by atoms with Crippen molar-refractivity contribution in [3.8, 4) is 16.9 Å². The maximum Gasteiger partial charge on any atom is 0.253 e. The van der Waals surface area contributed by atoms with Crippen LogP contribution in [-0.2, 0) is 0 Å². The predicted molar refractivity (Wildman–Crippen MR) is 106 cm³/mol. The van der Waals surface area contributed by atoms with E-state index in [2.05, 4.69) is 5.32 Å². The summed E-state index contributed by atoms with van der Waals surface area (Å²) in [6.45, 7) is 3.28. The Bertz CT molecular complexity index is 932. The van der Waals surface area contributed by atoms with Gasteiger partial charge in [-0.1, -0.05) is 42.5 Å². The third-order valence-corrected chi connectivity index (χ3v) is 4.57. The number of halogens is 1. The highest BCUT2D eigenvalue weighted by Crippen LogP contribution is 2.30. The zero-order chi connectivity index (χ0) is 19.4. The van der Waals surface area contributed by atoms with Crippen LogP contribution in [0.2, 0.25) is 0 Å². The highest BCUT2D eigenvalue weighted by molar-refractivity contribution is 5.97. The van der Waals surface area contributed by atoms with Crippen molar-refractivity contribution < 1.29 is 14.1 Å². The van der Waals surface area contributed by atoms with Crippen molar-refractivity contribution in [2.45, 2.75) is 6.92 Å². The van der Waals surface area contributed by atoms with Gasteiger partial charge in [-0.2, -0.15) is 0 Å². The molecular weight excluding hydrogens is 341 g/mol. The molecule has 0 spiro atoms. The van der Waals surface area contributed by atoms with Crippen LogP contribution in [0.5, 0.6) is 0 Å². The molecule has 0 fully saturated rings. The van der Waals surface area contributed by atoms with Crippen LogP contribution in [0.25, 0.3) is 16.9 Å². The molecule has 2 aromatic carbocycles. The number of nitrogens with zero attached hydrogens (tertiary/aromatic N) is 1. The second-order valence-corrected chi connectivity index (χ2v) is 6.89. The van der Waals surface area contributed by atoms with Crippen LogP contribution in [0.15, 0.2) is 60.7 Å². The molecule has 2 N–H and O–H groups in total. The lowest BCUT2D eigenvalue weighted by molar-refractivity contribution is -0.856. The number of amides is 1. The Morgan fingerprint density at radius 1 is 1.07 bits per heavy atom. The van der Waals surface area contributed by atoms with Crippen molar-refractivity contribution >= 4 is 5.91 Å². The van der Waals surface area contributed by atoms with E-state index in [0.29, 0.717) is 23.5 Å². The van der Waals surface area contributed by atoms with Crippen LogP contribution in [-0.4, -0.2) is 37.7 Å². The molecule has 1 amide bonds. The third-order valence-electron chi connectivity index (χ3n) is 4.57. The Morgan fingerprint density at radius 2 is 1.74 bits per heavy atom. The van der Waals surface area contributed by atoms with Gasteiger partial charge >= 0.3 is 0 Å². The average Bonchev–Trinajstić information content (AvgIpc) is 3.00. The SMILES string of the molecule is Cc1c(C(=O)NCC[NH+](C)C)cc(-c2ccccc2)n1-c1ccccc1F. The highest BCUT2D eigenvalue weighted by Gasteiger charge is 2.21. The number of hydrogen-bond acceptors (Lipinski definition) is 1. The van der Waals surface area contributed by atoms with Crippen LogP contribution >= 0.6 is 0 Å². The summed E-state index contributed by atoms with van der Waals surface area (Å²) in [7, 11) is 4.08. The molecule has 3 aromatic rings. The lowest BCUT2D eigenvalue weighted by Gasteiger charge is -2.13. The summed E-state index contributed by atoms with van der Waals surface area (Å²) in [5, 5.41) is 2.96. The van der Waals surface area contributed by atoms with Gasteiger partial charge in [0.2, 0.25) is 0 Å². The summed E-state index contributed by atoms with van der Waals surface area (Å²) in [6.07, 6.45) is 0. The standard InChI is InChI=1S/C22H24FN3O/c1-16-18(22(27)24-13-14-25(2)3)15-21(17-9-5-4-6-10-17)26(16)20-12-8-7-11-19(20)23/h4-12,15H,13-14H2,1-3H3,(H,24,27)/p+1. The van der Waals surface area contributed by atoms with E-state index >= 15 is 0 Å². The van der Waals surface area contributed by atoms with Crippen molar-refractivity contribution in [2.75, 3.05) is 27.2 Å². The van der Waals surface area contributed by atoms with E-state index in [0.717, 1.165) is 17.8 Å². The van der Waals surface area contributed by atoms with E-state index in [4.69, 9.17) is 0 Å². The number of carbonyl (C=O) groups is 1.